The highest BCUT2D eigenvalue weighted by molar-refractivity contribution is 5.66. The fraction of sp³-hybridized carbons (Fsp3) is 0.941. The van der Waals surface area contributed by atoms with Crippen LogP contribution in [0.25, 0.3) is 0 Å². The summed E-state index contributed by atoms with van der Waals surface area (Å²) >= 11 is 0. The van der Waals surface area contributed by atoms with Gasteiger partial charge in [-0.15, -0.1) is 0 Å². The molecule has 5 heteroatoms. The van der Waals surface area contributed by atoms with Crippen molar-refractivity contribution in [1.82, 2.24) is 14.7 Å². The number of hydrogen-bond acceptors (Lipinski definition) is 3. The minimum Gasteiger partial charge on any atom is -0.465 e. The topological polar surface area (TPSA) is 47.0 Å². The average Bonchev–Trinajstić information content (AvgIpc) is 2.41. The minimum atomic E-state index is -0.769. The summed E-state index contributed by atoms with van der Waals surface area (Å²) in [6.45, 7) is 11.9. The highest BCUT2D eigenvalue weighted by atomic mass is 16.4. The maximum absolute atomic E-state index is 11.6. The van der Waals surface area contributed by atoms with Crippen LogP contribution in [0.4, 0.5) is 4.79 Å². The van der Waals surface area contributed by atoms with Crippen LogP contribution in [0.2, 0.25) is 0 Å². The molecule has 0 aromatic carbocycles. The first kappa shape index (κ1) is 17.5. The third kappa shape index (κ3) is 4.59. The molecule has 1 amide bonds. The number of carboxylic acid groups (broad SMARTS) is 1. The Hall–Kier alpha value is -0.810. The molecule has 2 aliphatic rings. The van der Waals surface area contributed by atoms with E-state index in [0.717, 1.165) is 31.6 Å². The first-order chi connectivity index (χ1) is 10.3. The zero-order chi connectivity index (χ0) is 16.3. The predicted octanol–water partition coefficient (Wildman–Crippen LogP) is 2.57. The molecule has 1 saturated heterocycles. The molecule has 1 N–H and O–H groups in total. The lowest BCUT2D eigenvalue weighted by atomic mass is 9.83. The Morgan fingerprint density at radius 1 is 1.09 bits per heavy atom. The second kappa shape index (κ2) is 7.18. The molecule has 0 unspecified atom stereocenters. The number of piperazine rings is 1. The summed E-state index contributed by atoms with van der Waals surface area (Å²) in [5.41, 5.74) is -0.305. The van der Waals surface area contributed by atoms with Crippen molar-refractivity contribution in [2.75, 3.05) is 39.8 Å². The van der Waals surface area contributed by atoms with E-state index in [-0.39, 0.29) is 11.6 Å². The van der Waals surface area contributed by atoms with Crippen LogP contribution in [0.1, 0.15) is 46.5 Å². The molecule has 2 rings (SSSR count). The van der Waals surface area contributed by atoms with E-state index < -0.39 is 6.09 Å². The van der Waals surface area contributed by atoms with Gasteiger partial charge >= 0.3 is 6.09 Å². The summed E-state index contributed by atoms with van der Waals surface area (Å²) in [7, 11) is 2.19. The molecule has 0 aromatic heterocycles. The lowest BCUT2D eigenvalue weighted by Crippen LogP contribution is -2.52. The maximum atomic E-state index is 11.6. The Morgan fingerprint density at radius 3 is 2.09 bits per heavy atom. The van der Waals surface area contributed by atoms with Crippen LogP contribution < -0.4 is 0 Å². The Balaban J connectivity index is 1.81. The molecule has 2 fully saturated rings. The molecule has 22 heavy (non-hydrogen) atoms. The summed E-state index contributed by atoms with van der Waals surface area (Å²) < 4.78 is 0. The van der Waals surface area contributed by atoms with Crippen LogP contribution in [0.3, 0.4) is 0 Å². The lowest BCUT2D eigenvalue weighted by molar-refractivity contribution is 0.0444. The molecule has 1 saturated carbocycles. The van der Waals surface area contributed by atoms with Crippen molar-refractivity contribution in [3.05, 3.63) is 0 Å². The van der Waals surface area contributed by atoms with Gasteiger partial charge in [-0.05, 0) is 59.4 Å². The van der Waals surface area contributed by atoms with Gasteiger partial charge < -0.3 is 19.8 Å². The van der Waals surface area contributed by atoms with Crippen molar-refractivity contribution in [3.8, 4) is 0 Å². The van der Waals surface area contributed by atoms with Gasteiger partial charge in [0.25, 0.3) is 0 Å². The van der Waals surface area contributed by atoms with Gasteiger partial charge in [-0.25, -0.2) is 4.79 Å². The molecule has 5 nitrogen and oxygen atoms in total. The Kier molecular flexibility index (Phi) is 5.72. The SMILES string of the molecule is CN1CCN(C[C@H]2CC[C@H](N(C(=O)O)C(C)(C)C)CC2)CC1. The van der Waals surface area contributed by atoms with E-state index in [9.17, 15) is 9.90 Å². The second-order valence-corrected chi connectivity index (χ2v) is 8.10. The quantitative estimate of drug-likeness (QED) is 0.870. The molecule has 1 aliphatic heterocycles. The second-order valence-electron chi connectivity index (χ2n) is 8.10. The molecular weight excluding hydrogens is 278 g/mol. The number of rotatable bonds is 3. The van der Waals surface area contributed by atoms with Crippen LogP contribution in [-0.4, -0.2) is 77.3 Å². The maximum Gasteiger partial charge on any atom is 0.407 e. The van der Waals surface area contributed by atoms with Crippen molar-refractivity contribution in [2.45, 2.75) is 58.0 Å². The fourth-order valence-electron chi connectivity index (χ4n) is 3.97. The monoisotopic (exact) mass is 311 g/mol. The molecule has 0 aromatic rings. The van der Waals surface area contributed by atoms with Crippen molar-refractivity contribution in [2.24, 2.45) is 5.92 Å². The normalized spacial score (nSPS) is 28.5. The highest BCUT2D eigenvalue weighted by Gasteiger charge is 2.35. The molecule has 128 valence electrons. The van der Waals surface area contributed by atoms with Gasteiger partial charge in [0.15, 0.2) is 0 Å². The standard InChI is InChI=1S/C17H33N3O2/c1-17(2,3)20(16(21)22)15-7-5-14(6-8-15)13-19-11-9-18(4)10-12-19/h14-15H,5-13H2,1-4H3,(H,21,22)/t14-,15-. The molecule has 0 spiro atoms. The molecular formula is C17H33N3O2. The lowest BCUT2D eigenvalue weighted by Gasteiger charge is -2.43. The predicted molar refractivity (Wildman–Crippen MR) is 89.3 cm³/mol. The largest absolute Gasteiger partial charge is 0.465 e. The van der Waals surface area contributed by atoms with Crippen molar-refractivity contribution < 1.29 is 9.90 Å². The van der Waals surface area contributed by atoms with E-state index in [1.54, 1.807) is 4.90 Å². The van der Waals surface area contributed by atoms with Crippen LogP contribution in [0.5, 0.6) is 0 Å². The summed E-state index contributed by atoms with van der Waals surface area (Å²) in [5.74, 6) is 0.746. The van der Waals surface area contributed by atoms with Crippen LogP contribution in [0.15, 0.2) is 0 Å². The van der Waals surface area contributed by atoms with Gasteiger partial charge in [-0.3, -0.25) is 0 Å². The van der Waals surface area contributed by atoms with Crippen LogP contribution >= 0.6 is 0 Å². The van der Waals surface area contributed by atoms with E-state index in [0.29, 0.717) is 0 Å². The van der Waals surface area contributed by atoms with Gasteiger partial charge in [0.05, 0.1) is 0 Å². The zero-order valence-electron chi connectivity index (χ0n) is 14.7. The van der Waals surface area contributed by atoms with Crippen molar-refractivity contribution in [1.29, 1.82) is 0 Å². The van der Waals surface area contributed by atoms with Gasteiger partial charge in [0.2, 0.25) is 0 Å². The number of hydrogen-bond donors (Lipinski definition) is 1. The van der Waals surface area contributed by atoms with E-state index >= 15 is 0 Å². The van der Waals surface area contributed by atoms with Crippen LogP contribution in [-0.2, 0) is 0 Å². The summed E-state index contributed by atoms with van der Waals surface area (Å²) in [5, 5.41) is 9.53. The average molecular weight is 311 g/mol. The van der Waals surface area contributed by atoms with E-state index in [2.05, 4.69) is 16.8 Å². The summed E-state index contributed by atoms with van der Waals surface area (Å²) in [6.07, 6.45) is 3.59. The Labute approximate surface area is 135 Å². The third-order valence-corrected chi connectivity index (χ3v) is 5.22. The van der Waals surface area contributed by atoms with Gasteiger partial charge in [0, 0.05) is 44.3 Å². The van der Waals surface area contributed by atoms with Gasteiger partial charge in [-0.2, -0.15) is 0 Å². The number of carbonyl (C=O) groups is 1. The van der Waals surface area contributed by atoms with Crippen LogP contribution in [0, 0.1) is 5.92 Å². The summed E-state index contributed by atoms with van der Waals surface area (Å²) in [6, 6.07) is 0.196. The van der Waals surface area contributed by atoms with Gasteiger partial charge in [-0.1, -0.05) is 0 Å². The zero-order valence-corrected chi connectivity index (χ0v) is 14.7. The molecule has 0 radical (unpaired) electrons. The van der Waals surface area contributed by atoms with E-state index in [1.165, 1.54) is 32.7 Å². The fourth-order valence-corrected chi connectivity index (χ4v) is 3.97. The molecule has 1 heterocycles. The number of likely N-dealkylation sites (N-methyl/N-ethyl adjacent to an activating group) is 1. The first-order valence-electron chi connectivity index (χ1n) is 8.70. The smallest absolute Gasteiger partial charge is 0.407 e. The van der Waals surface area contributed by atoms with Crippen molar-refractivity contribution >= 4 is 6.09 Å². The van der Waals surface area contributed by atoms with E-state index in [4.69, 9.17) is 0 Å². The highest BCUT2D eigenvalue weighted by Crippen LogP contribution is 2.32. The summed E-state index contributed by atoms with van der Waals surface area (Å²) in [4.78, 5) is 18.2. The Morgan fingerprint density at radius 2 is 1.64 bits per heavy atom. The minimum absolute atomic E-state index is 0.196. The third-order valence-electron chi connectivity index (χ3n) is 5.22. The first-order valence-corrected chi connectivity index (χ1v) is 8.70. The van der Waals surface area contributed by atoms with E-state index in [1.807, 2.05) is 20.8 Å². The van der Waals surface area contributed by atoms with Crippen molar-refractivity contribution in [3.63, 3.8) is 0 Å². The van der Waals surface area contributed by atoms with Gasteiger partial charge in [0.1, 0.15) is 0 Å². The number of amides is 1. The molecule has 1 aliphatic carbocycles. The molecule has 0 atom stereocenters. The number of nitrogens with zero attached hydrogens (tertiary/aromatic N) is 3. The molecule has 0 bridgehead atoms. The Bertz CT molecular complexity index is 365.